The highest BCUT2D eigenvalue weighted by Crippen LogP contribution is 2.43. The van der Waals surface area contributed by atoms with E-state index in [0.717, 1.165) is 32.2 Å². The number of aliphatic carboxylic acids is 1. The van der Waals surface area contributed by atoms with Gasteiger partial charge in [-0.2, -0.15) is 5.10 Å². The molecule has 1 aromatic rings. The summed E-state index contributed by atoms with van der Waals surface area (Å²) < 4.78 is 1.82. The van der Waals surface area contributed by atoms with Gasteiger partial charge in [0, 0.05) is 32.0 Å². The number of carboxylic acids is 1. The molecular formula is C14H22N4O3. The molecule has 0 saturated heterocycles. The van der Waals surface area contributed by atoms with Gasteiger partial charge in [0.15, 0.2) is 0 Å². The normalized spacial score (nSPS) is 16.0. The van der Waals surface area contributed by atoms with E-state index in [1.807, 2.05) is 16.9 Å². The fraction of sp³-hybridized carbons (Fsp3) is 0.643. The Morgan fingerprint density at radius 2 is 2.14 bits per heavy atom. The number of aromatic nitrogens is 2. The second kappa shape index (κ2) is 7.10. The predicted octanol–water partition coefficient (Wildman–Crippen LogP) is 1.22. The monoisotopic (exact) mass is 294 g/mol. The van der Waals surface area contributed by atoms with E-state index in [0.29, 0.717) is 13.1 Å². The molecule has 0 unspecified atom stereocenters. The van der Waals surface area contributed by atoms with E-state index in [-0.39, 0.29) is 17.9 Å². The number of urea groups is 1. The van der Waals surface area contributed by atoms with Crippen LogP contribution in [0.5, 0.6) is 0 Å². The number of aryl methyl sites for hydroxylation is 1. The average molecular weight is 294 g/mol. The smallest absolute Gasteiger partial charge is 0.314 e. The van der Waals surface area contributed by atoms with Crippen LogP contribution in [0.2, 0.25) is 0 Å². The minimum atomic E-state index is -0.795. The van der Waals surface area contributed by atoms with E-state index in [1.54, 1.807) is 6.20 Å². The van der Waals surface area contributed by atoms with Crippen molar-refractivity contribution < 1.29 is 14.7 Å². The van der Waals surface area contributed by atoms with E-state index >= 15 is 0 Å². The molecule has 2 amide bonds. The Morgan fingerprint density at radius 3 is 2.71 bits per heavy atom. The van der Waals surface area contributed by atoms with Crippen LogP contribution in [0.25, 0.3) is 0 Å². The zero-order valence-electron chi connectivity index (χ0n) is 12.0. The molecule has 1 saturated carbocycles. The SMILES string of the molecule is O=C(O)CC1(CNC(=O)NCCCn2cccn2)CCC1. The molecular weight excluding hydrogens is 272 g/mol. The molecule has 0 aliphatic heterocycles. The predicted molar refractivity (Wildman–Crippen MR) is 76.8 cm³/mol. The molecule has 7 heteroatoms. The van der Waals surface area contributed by atoms with Crippen molar-refractivity contribution in [3.63, 3.8) is 0 Å². The maximum Gasteiger partial charge on any atom is 0.314 e. The van der Waals surface area contributed by atoms with Crippen LogP contribution >= 0.6 is 0 Å². The molecule has 1 aromatic heterocycles. The molecule has 0 spiro atoms. The molecule has 0 radical (unpaired) electrons. The van der Waals surface area contributed by atoms with Gasteiger partial charge in [0.1, 0.15) is 0 Å². The molecule has 116 valence electrons. The van der Waals surface area contributed by atoms with Crippen LogP contribution in [0.4, 0.5) is 4.79 Å². The summed E-state index contributed by atoms with van der Waals surface area (Å²) >= 11 is 0. The highest BCUT2D eigenvalue weighted by Gasteiger charge is 2.39. The summed E-state index contributed by atoms with van der Waals surface area (Å²) in [6.45, 7) is 1.76. The number of carboxylic acid groups (broad SMARTS) is 1. The molecule has 1 heterocycles. The number of hydrogen-bond donors (Lipinski definition) is 3. The Kier molecular flexibility index (Phi) is 5.19. The van der Waals surface area contributed by atoms with Gasteiger partial charge in [-0.05, 0) is 30.7 Å². The van der Waals surface area contributed by atoms with Crippen LogP contribution in [0, 0.1) is 5.41 Å². The Labute approximate surface area is 123 Å². The maximum atomic E-state index is 11.7. The van der Waals surface area contributed by atoms with Crippen LogP contribution in [-0.2, 0) is 11.3 Å². The third-order valence-electron chi connectivity index (χ3n) is 3.97. The molecule has 0 bridgehead atoms. The summed E-state index contributed by atoms with van der Waals surface area (Å²) in [4.78, 5) is 22.5. The lowest BCUT2D eigenvalue weighted by molar-refractivity contribution is -0.141. The Morgan fingerprint density at radius 1 is 1.33 bits per heavy atom. The van der Waals surface area contributed by atoms with E-state index in [9.17, 15) is 9.59 Å². The van der Waals surface area contributed by atoms with Gasteiger partial charge < -0.3 is 15.7 Å². The first-order chi connectivity index (χ1) is 10.1. The fourth-order valence-corrected chi connectivity index (χ4v) is 2.62. The lowest BCUT2D eigenvalue weighted by Gasteiger charge is -2.40. The topological polar surface area (TPSA) is 96.3 Å². The Bertz CT molecular complexity index is 469. The number of carbonyl (C=O) groups excluding carboxylic acids is 1. The van der Waals surface area contributed by atoms with Crippen LogP contribution < -0.4 is 10.6 Å². The third kappa shape index (κ3) is 4.77. The summed E-state index contributed by atoms with van der Waals surface area (Å²) in [6, 6.07) is 1.63. The number of nitrogens with zero attached hydrogens (tertiary/aromatic N) is 2. The summed E-state index contributed by atoms with van der Waals surface area (Å²) in [6.07, 6.45) is 7.33. The van der Waals surface area contributed by atoms with Crippen molar-refractivity contribution in [1.29, 1.82) is 0 Å². The molecule has 1 aliphatic rings. The lowest BCUT2D eigenvalue weighted by Crippen LogP contribution is -2.46. The van der Waals surface area contributed by atoms with Crippen LogP contribution in [0.15, 0.2) is 18.5 Å². The fourth-order valence-electron chi connectivity index (χ4n) is 2.62. The summed E-state index contributed by atoms with van der Waals surface area (Å²) in [7, 11) is 0. The molecule has 1 fully saturated rings. The van der Waals surface area contributed by atoms with Gasteiger partial charge >= 0.3 is 12.0 Å². The van der Waals surface area contributed by atoms with Crippen molar-refractivity contribution in [3.05, 3.63) is 18.5 Å². The van der Waals surface area contributed by atoms with Gasteiger partial charge in [0.05, 0.1) is 6.42 Å². The summed E-state index contributed by atoms with van der Waals surface area (Å²) in [5.74, 6) is -0.795. The zero-order valence-corrected chi connectivity index (χ0v) is 12.0. The first kappa shape index (κ1) is 15.3. The van der Waals surface area contributed by atoms with Gasteiger partial charge in [0.25, 0.3) is 0 Å². The van der Waals surface area contributed by atoms with Gasteiger partial charge in [-0.3, -0.25) is 9.48 Å². The number of hydrogen-bond acceptors (Lipinski definition) is 3. The second-order valence-corrected chi connectivity index (χ2v) is 5.66. The lowest BCUT2D eigenvalue weighted by atomic mass is 9.66. The standard InChI is InChI=1S/C14H22N4O3/c19-12(20)10-14(4-1-5-14)11-16-13(21)15-6-2-8-18-9-3-7-17-18/h3,7,9H,1-2,4-6,8,10-11H2,(H,19,20)(H2,15,16,21). The average Bonchev–Trinajstić information content (AvgIpc) is 2.90. The van der Waals surface area contributed by atoms with Crippen LogP contribution in [-0.4, -0.2) is 40.0 Å². The van der Waals surface area contributed by atoms with Gasteiger partial charge in [0.2, 0.25) is 0 Å². The number of carbonyl (C=O) groups is 2. The van der Waals surface area contributed by atoms with Crippen LogP contribution in [0.3, 0.4) is 0 Å². The van der Waals surface area contributed by atoms with E-state index in [2.05, 4.69) is 15.7 Å². The molecule has 7 nitrogen and oxygen atoms in total. The number of nitrogens with one attached hydrogen (secondary N) is 2. The Balaban J connectivity index is 1.59. The van der Waals surface area contributed by atoms with E-state index in [1.165, 1.54) is 0 Å². The quantitative estimate of drug-likeness (QED) is 0.628. The Hall–Kier alpha value is -2.05. The zero-order chi connectivity index (χ0) is 15.1. The molecule has 0 atom stereocenters. The second-order valence-electron chi connectivity index (χ2n) is 5.66. The van der Waals surface area contributed by atoms with E-state index < -0.39 is 5.97 Å². The summed E-state index contributed by atoms with van der Waals surface area (Å²) in [5.41, 5.74) is -0.238. The number of amides is 2. The minimum Gasteiger partial charge on any atom is -0.481 e. The molecule has 0 aromatic carbocycles. The molecule has 1 aliphatic carbocycles. The molecule has 21 heavy (non-hydrogen) atoms. The van der Waals surface area contributed by atoms with Crippen molar-refractivity contribution in [2.75, 3.05) is 13.1 Å². The first-order valence-electron chi connectivity index (χ1n) is 7.31. The van der Waals surface area contributed by atoms with Crippen molar-refractivity contribution in [1.82, 2.24) is 20.4 Å². The largest absolute Gasteiger partial charge is 0.481 e. The van der Waals surface area contributed by atoms with Crippen molar-refractivity contribution in [3.8, 4) is 0 Å². The maximum absolute atomic E-state index is 11.7. The van der Waals surface area contributed by atoms with Crippen molar-refractivity contribution in [2.45, 2.75) is 38.6 Å². The number of rotatable bonds is 8. The van der Waals surface area contributed by atoms with Gasteiger partial charge in [-0.15, -0.1) is 0 Å². The summed E-state index contributed by atoms with van der Waals surface area (Å²) in [5, 5.41) is 18.6. The highest BCUT2D eigenvalue weighted by molar-refractivity contribution is 5.74. The molecule has 2 rings (SSSR count). The highest BCUT2D eigenvalue weighted by atomic mass is 16.4. The van der Waals surface area contributed by atoms with E-state index in [4.69, 9.17) is 5.11 Å². The molecule has 3 N–H and O–H groups in total. The minimum absolute atomic E-state index is 0.132. The first-order valence-corrected chi connectivity index (χ1v) is 7.31. The van der Waals surface area contributed by atoms with Crippen molar-refractivity contribution in [2.24, 2.45) is 5.41 Å². The third-order valence-corrected chi connectivity index (χ3v) is 3.97. The van der Waals surface area contributed by atoms with Crippen molar-refractivity contribution >= 4 is 12.0 Å². The van der Waals surface area contributed by atoms with Gasteiger partial charge in [-0.25, -0.2) is 4.79 Å². The van der Waals surface area contributed by atoms with Crippen LogP contribution in [0.1, 0.15) is 32.1 Å². The van der Waals surface area contributed by atoms with Gasteiger partial charge in [-0.1, -0.05) is 6.42 Å².